The van der Waals surface area contributed by atoms with Crippen LogP contribution in [-0.2, 0) is 9.59 Å². The zero-order chi connectivity index (χ0) is 17.9. The second-order valence-corrected chi connectivity index (χ2v) is 6.60. The number of amides is 1. The van der Waals surface area contributed by atoms with Crippen LogP contribution in [-0.4, -0.2) is 23.5 Å². The quantitative estimate of drug-likeness (QED) is 0.794. The standard InChI is InChI=1S/C19H18ClNO4/c20-14-6-8-15(9-7-14)25-16(13-4-2-1-3-5-13)17(22)21-12-19(10-11-19)18(23)24/h1-9,16H,10-12H2,(H,21,22)(H,23,24). The molecule has 0 bridgehead atoms. The monoisotopic (exact) mass is 359 g/mol. The Hall–Kier alpha value is -2.53. The van der Waals surface area contributed by atoms with Crippen molar-refractivity contribution in [2.24, 2.45) is 5.41 Å². The molecule has 1 atom stereocenters. The molecule has 1 fully saturated rings. The number of aliphatic carboxylic acids is 1. The van der Waals surface area contributed by atoms with Crippen LogP contribution in [0.5, 0.6) is 5.75 Å². The summed E-state index contributed by atoms with van der Waals surface area (Å²) in [5.41, 5.74) is -0.132. The largest absolute Gasteiger partial charge is 0.481 e. The fraction of sp³-hybridized carbons (Fsp3) is 0.263. The maximum absolute atomic E-state index is 12.7. The third kappa shape index (κ3) is 4.12. The van der Waals surface area contributed by atoms with Crippen LogP contribution in [0.4, 0.5) is 0 Å². The number of benzene rings is 2. The van der Waals surface area contributed by atoms with Gasteiger partial charge in [-0.05, 0) is 37.1 Å². The predicted octanol–water partition coefficient (Wildman–Crippen LogP) is 3.44. The number of hydrogen-bond donors (Lipinski definition) is 2. The predicted molar refractivity (Wildman–Crippen MR) is 93.6 cm³/mol. The third-order valence-electron chi connectivity index (χ3n) is 4.32. The summed E-state index contributed by atoms with van der Waals surface area (Å²) in [4.78, 5) is 23.9. The number of rotatable bonds is 7. The van der Waals surface area contributed by atoms with Crippen molar-refractivity contribution >= 4 is 23.5 Å². The Bertz CT molecular complexity index is 757. The molecule has 0 heterocycles. The van der Waals surface area contributed by atoms with Crippen molar-refractivity contribution in [3.05, 3.63) is 65.2 Å². The van der Waals surface area contributed by atoms with Gasteiger partial charge in [-0.2, -0.15) is 0 Å². The lowest BCUT2D eigenvalue weighted by atomic mass is 10.1. The number of halogens is 1. The molecule has 6 heteroatoms. The van der Waals surface area contributed by atoms with E-state index in [1.807, 2.05) is 18.2 Å². The summed E-state index contributed by atoms with van der Waals surface area (Å²) in [6.45, 7) is 0.106. The van der Waals surface area contributed by atoms with Crippen LogP contribution in [0, 0.1) is 5.41 Å². The van der Waals surface area contributed by atoms with Crippen molar-refractivity contribution in [1.82, 2.24) is 5.32 Å². The second kappa shape index (κ2) is 7.15. The van der Waals surface area contributed by atoms with Gasteiger partial charge < -0.3 is 15.2 Å². The third-order valence-corrected chi connectivity index (χ3v) is 4.57. The van der Waals surface area contributed by atoms with Crippen molar-refractivity contribution in [2.45, 2.75) is 18.9 Å². The van der Waals surface area contributed by atoms with Crippen LogP contribution in [0.1, 0.15) is 24.5 Å². The summed E-state index contributed by atoms with van der Waals surface area (Å²) in [6, 6.07) is 15.8. The van der Waals surface area contributed by atoms with Gasteiger partial charge in [0, 0.05) is 17.1 Å². The molecule has 1 amide bonds. The number of hydrogen-bond acceptors (Lipinski definition) is 3. The van der Waals surface area contributed by atoms with E-state index in [0.29, 0.717) is 29.2 Å². The van der Waals surface area contributed by atoms with Crippen LogP contribution in [0.2, 0.25) is 5.02 Å². The molecule has 0 aromatic heterocycles. The van der Waals surface area contributed by atoms with E-state index >= 15 is 0 Å². The van der Waals surface area contributed by atoms with Crippen molar-refractivity contribution in [1.29, 1.82) is 0 Å². The molecular weight excluding hydrogens is 342 g/mol. The number of ether oxygens (including phenoxy) is 1. The lowest BCUT2D eigenvalue weighted by molar-refractivity contribution is -0.143. The molecule has 25 heavy (non-hydrogen) atoms. The van der Waals surface area contributed by atoms with E-state index < -0.39 is 17.5 Å². The van der Waals surface area contributed by atoms with Gasteiger partial charge in [-0.1, -0.05) is 41.9 Å². The number of carboxylic acids is 1. The van der Waals surface area contributed by atoms with Gasteiger partial charge in [0.1, 0.15) is 5.75 Å². The van der Waals surface area contributed by atoms with Crippen LogP contribution >= 0.6 is 11.6 Å². The summed E-state index contributed by atoms with van der Waals surface area (Å²) in [5.74, 6) is -0.732. The second-order valence-electron chi connectivity index (χ2n) is 6.17. The highest BCUT2D eigenvalue weighted by Gasteiger charge is 2.50. The van der Waals surface area contributed by atoms with Gasteiger partial charge in [-0.25, -0.2) is 0 Å². The number of carbonyl (C=O) groups is 2. The first-order valence-corrected chi connectivity index (χ1v) is 8.36. The summed E-state index contributed by atoms with van der Waals surface area (Å²) in [7, 11) is 0. The molecule has 1 aliphatic rings. The van der Waals surface area contributed by atoms with E-state index in [4.69, 9.17) is 16.3 Å². The summed E-state index contributed by atoms with van der Waals surface area (Å²) < 4.78 is 5.85. The minimum absolute atomic E-state index is 0.106. The van der Waals surface area contributed by atoms with Gasteiger partial charge in [-0.3, -0.25) is 9.59 Å². The average molecular weight is 360 g/mol. The Morgan fingerprint density at radius 1 is 1.12 bits per heavy atom. The Balaban J connectivity index is 1.75. The molecule has 5 nitrogen and oxygen atoms in total. The van der Waals surface area contributed by atoms with Gasteiger partial charge >= 0.3 is 5.97 Å². The molecule has 3 rings (SSSR count). The average Bonchev–Trinajstić information content (AvgIpc) is 3.41. The van der Waals surface area contributed by atoms with E-state index in [-0.39, 0.29) is 12.5 Å². The first-order valence-electron chi connectivity index (χ1n) is 7.98. The van der Waals surface area contributed by atoms with E-state index in [1.165, 1.54) is 0 Å². The summed E-state index contributed by atoms with van der Waals surface area (Å²) in [6.07, 6.45) is 0.291. The van der Waals surface area contributed by atoms with Crippen LogP contribution in [0.15, 0.2) is 54.6 Å². The molecule has 2 aromatic rings. The first kappa shape index (κ1) is 17.3. The molecule has 1 aliphatic carbocycles. The SMILES string of the molecule is O=C(NCC1(C(=O)O)CC1)C(Oc1ccc(Cl)cc1)c1ccccc1. The van der Waals surface area contributed by atoms with E-state index in [9.17, 15) is 14.7 Å². The van der Waals surface area contributed by atoms with Crippen LogP contribution < -0.4 is 10.1 Å². The van der Waals surface area contributed by atoms with Crippen molar-refractivity contribution in [2.75, 3.05) is 6.54 Å². The molecule has 130 valence electrons. The Morgan fingerprint density at radius 2 is 1.76 bits per heavy atom. The summed E-state index contributed by atoms with van der Waals surface area (Å²) in [5, 5.41) is 12.5. The zero-order valence-corrected chi connectivity index (χ0v) is 14.2. The fourth-order valence-corrected chi connectivity index (χ4v) is 2.64. The molecule has 0 spiro atoms. The van der Waals surface area contributed by atoms with Crippen molar-refractivity contribution in [3.8, 4) is 5.75 Å². The molecule has 1 saturated carbocycles. The zero-order valence-electron chi connectivity index (χ0n) is 13.4. The molecule has 0 aliphatic heterocycles. The first-order chi connectivity index (χ1) is 12.0. The number of nitrogens with one attached hydrogen (secondary N) is 1. The van der Waals surface area contributed by atoms with E-state index in [0.717, 1.165) is 0 Å². The molecular formula is C19H18ClNO4. The molecule has 0 radical (unpaired) electrons. The number of carboxylic acid groups (broad SMARTS) is 1. The summed E-state index contributed by atoms with van der Waals surface area (Å²) >= 11 is 5.87. The highest BCUT2D eigenvalue weighted by molar-refractivity contribution is 6.30. The molecule has 2 aromatic carbocycles. The molecule has 1 unspecified atom stereocenters. The van der Waals surface area contributed by atoms with E-state index in [2.05, 4.69) is 5.32 Å². The topological polar surface area (TPSA) is 75.6 Å². The van der Waals surface area contributed by atoms with Gasteiger partial charge in [-0.15, -0.1) is 0 Å². The Kier molecular flexibility index (Phi) is 4.95. The number of carbonyl (C=O) groups excluding carboxylic acids is 1. The smallest absolute Gasteiger partial charge is 0.311 e. The normalized spacial score (nSPS) is 15.9. The lowest BCUT2D eigenvalue weighted by Crippen LogP contribution is -2.38. The maximum atomic E-state index is 12.7. The van der Waals surface area contributed by atoms with Crippen LogP contribution in [0.3, 0.4) is 0 Å². The van der Waals surface area contributed by atoms with Gasteiger partial charge in [0.2, 0.25) is 6.10 Å². The lowest BCUT2D eigenvalue weighted by Gasteiger charge is -2.20. The van der Waals surface area contributed by atoms with Crippen molar-refractivity contribution < 1.29 is 19.4 Å². The fourth-order valence-electron chi connectivity index (χ4n) is 2.52. The minimum Gasteiger partial charge on any atom is -0.481 e. The molecule has 0 saturated heterocycles. The highest BCUT2D eigenvalue weighted by Crippen LogP contribution is 2.45. The van der Waals surface area contributed by atoms with Gasteiger partial charge in [0.25, 0.3) is 5.91 Å². The van der Waals surface area contributed by atoms with Crippen LogP contribution in [0.25, 0.3) is 0 Å². The Labute approximate surface area is 150 Å². The Morgan fingerprint density at radius 3 is 2.32 bits per heavy atom. The molecule has 2 N–H and O–H groups in total. The highest BCUT2D eigenvalue weighted by atomic mass is 35.5. The van der Waals surface area contributed by atoms with Gasteiger partial charge in [0.05, 0.1) is 5.41 Å². The maximum Gasteiger partial charge on any atom is 0.311 e. The van der Waals surface area contributed by atoms with Crippen molar-refractivity contribution in [3.63, 3.8) is 0 Å². The van der Waals surface area contributed by atoms with E-state index in [1.54, 1.807) is 36.4 Å². The minimum atomic E-state index is -0.873. The van der Waals surface area contributed by atoms with Gasteiger partial charge in [0.15, 0.2) is 0 Å².